The topological polar surface area (TPSA) is 38.3 Å². The molecular formula is C15H29NO2. The van der Waals surface area contributed by atoms with Gasteiger partial charge in [-0.3, -0.25) is 4.79 Å². The van der Waals surface area contributed by atoms with Gasteiger partial charge in [-0.15, -0.1) is 0 Å². The lowest BCUT2D eigenvalue weighted by Gasteiger charge is -2.26. The summed E-state index contributed by atoms with van der Waals surface area (Å²) in [6.45, 7) is 7.74. The van der Waals surface area contributed by atoms with Crippen molar-refractivity contribution < 1.29 is 9.53 Å². The number of hydrogen-bond donors (Lipinski definition) is 1. The van der Waals surface area contributed by atoms with E-state index in [9.17, 15) is 4.79 Å². The van der Waals surface area contributed by atoms with Crippen molar-refractivity contribution in [3.8, 4) is 0 Å². The highest BCUT2D eigenvalue weighted by atomic mass is 16.5. The third kappa shape index (κ3) is 5.38. The van der Waals surface area contributed by atoms with Gasteiger partial charge in [-0.1, -0.05) is 40.0 Å². The Morgan fingerprint density at radius 3 is 2.50 bits per heavy atom. The molecular weight excluding hydrogens is 226 g/mol. The minimum Gasteiger partial charge on any atom is -0.469 e. The summed E-state index contributed by atoms with van der Waals surface area (Å²) in [5.41, 5.74) is 0.346. The predicted octanol–water partition coefficient (Wildman–Crippen LogP) is 3.13. The van der Waals surface area contributed by atoms with Gasteiger partial charge in [-0.2, -0.15) is 0 Å². The summed E-state index contributed by atoms with van der Waals surface area (Å²) >= 11 is 0. The summed E-state index contributed by atoms with van der Waals surface area (Å²) in [5.74, 6) is 0.0163. The maximum absolute atomic E-state index is 11.8. The van der Waals surface area contributed by atoms with Gasteiger partial charge in [-0.25, -0.2) is 0 Å². The van der Waals surface area contributed by atoms with E-state index >= 15 is 0 Å². The van der Waals surface area contributed by atoms with Gasteiger partial charge < -0.3 is 10.1 Å². The Bertz CT molecular complexity index is 258. The SMILES string of the molecule is COC(=O)[C@H]1CCCCC[C@H]1NCCC(C)(C)C. The zero-order chi connectivity index (χ0) is 13.6. The number of nitrogens with one attached hydrogen (secondary N) is 1. The van der Waals surface area contributed by atoms with Gasteiger partial charge in [0.15, 0.2) is 0 Å². The third-order valence-corrected chi connectivity index (χ3v) is 3.80. The molecule has 1 saturated carbocycles. The Morgan fingerprint density at radius 1 is 1.22 bits per heavy atom. The summed E-state index contributed by atoms with van der Waals surface area (Å²) in [6.07, 6.45) is 6.82. The van der Waals surface area contributed by atoms with Crippen molar-refractivity contribution in [1.29, 1.82) is 0 Å². The summed E-state index contributed by atoms with van der Waals surface area (Å²) < 4.78 is 4.94. The van der Waals surface area contributed by atoms with E-state index in [2.05, 4.69) is 26.1 Å². The van der Waals surface area contributed by atoms with Crippen molar-refractivity contribution in [2.45, 2.75) is 65.3 Å². The van der Waals surface area contributed by atoms with Crippen LogP contribution in [0.1, 0.15) is 59.3 Å². The second kappa shape index (κ2) is 7.13. The molecule has 1 aliphatic carbocycles. The Balaban J connectivity index is 2.49. The summed E-state index contributed by atoms with van der Waals surface area (Å²) in [6, 6.07) is 0.308. The summed E-state index contributed by atoms with van der Waals surface area (Å²) in [7, 11) is 1.50. The Kier molecular flexibility index (Phi) is 6.13. The highest BCUT2D eigenvalue weighted by Crippen LogP contribution is 2.25. The van der Waals surface area contributed by atoms with E-state index in [1.807, 2.05) is 0 Å². The van der Waals surface area contributed by atoms with Crippen LogP contribution in [0.5, 0.6) is 0 Å². The average Bonchev–Trinajstić information content (AvgIpc) is 2.52. The van der Waals surface area contributed by atoms with Crippen LogP contribution in [0.2, 0.25) is 0 Å². The third-order valence-electron chi connectivity index (χ3n) is 3.80. The fourth-order valence-corrected chi connectivity index (χ4v) is 2.62. The number of rotatable bonds is 4. The first-order valence-corrected chi connectivity index (χ1v) is 7.25. The molecule has 0 aliphatic heterocycles. The molecule has 0 heterocycles. The molecule has 106 valence electrons. The lowest BCUT2D eigenvalue weighted by molar-refractivity contribution is -0.146. The number of carbonyl (C=O) groups excluding carboxylic acids is 1. The first-order valence-electron chi connectivity index (χ1n) is 7.25. The van der Waals surface area contributed by atoms with Crippen LogP contribution in [0, 0.1) is 11.3 Å². The standard InChI is InChI=1S/C15H29NO2/c1-15(2,3)10-11-16-13-9-7-5-6-8-12(13)14(17)18-4/h12-13,16H,5-11H2,1-4H3/t12-,13+/m0/s1. The zero-order valence-corrected chi connectivity index (χ0v) is 12.4. The highest BCUT2D eigenvalue weighted by Gasteiger charge is 2.30. The van der Waals surface area contributed by atoms with E-state index in [1.54, 1.807) is 0 Å². The van der Waals surface area contributed by atoms with Crippen molar-refractivity contribution >= 4 is 5.97 Å². The van der Waals surface area contributed by atoms with Crippen LogP contribution >= 0.6 is 0 Å². The van der Waals surface area contributed by atoms with Crippen molar-refractivity contribution in [3.63, 3.8) is 0 Å². The quantitative estimate of drug-likeness (QED) is 0.619. The summed E-state index contributed by atoms with van der Waals surface area (Å²) in [4.78, 5) is 11.8. The van der Waals surface area contributed by atoms with Gasteiger partial charge in [0.05, 0.1) is 13.0 Å². The van der Waals surface area contributed by atoms with Gasteiger partial charge in [0.2, 0.25) is 0 Å². The molecule has 1 rings (SSSR count). The molecule has 0 saturated heterocycles. The van der Waals surface area contributed by atoms with Crippen molar-refractivity contribution in [2.24, 2.45) is 11.3 Å². The second-order valence-electron chi connectivity index (χ2n) is 6.64. The number of carbonyl (C=O) groups is 1. The van der Waals surface area contributed by atoms with Crippen LogP contribution in [0.4, 0.5) is 0 Å². The number of esters is 1. The molecule has 2 atom stereocenters. The van der Waals surface area contributed by atoms with Crippen molar-refractivity contribution in [1.82, 2.24) is 5.32 Å². The molecule has 0 unspecified atom stereocenters. The zero-order valence-electron chi connectivity index (χ0n) is 12.4. The molecule has 0 aromatic heterocycles. The first kappa shape index (κ1) is 15.5. The maximum Gasteiger partial charge on any atom is 0.310 e. The Labute approximate surface area is 112 Å². The van der Waals surface area contributed by atoms with Crippen molar-refractivity contribution in [3.05, 3.63) is 0 Å². The molecule has 0 aromatic rings. The van der Waals surface area contributed by atoms with Gasteiger partial charge in [0.25, 0.3) is 0 Å². The van der Waals surface area contributed by atoms with Crippen LogP contribution in [-0.4, -0.2) is 25.7 Å². The number of hydrogen-bond acceptors (Lipinski definition) is 3. The molecule has 0 amide bonds. The van der Waals surface area contributed by atoms with Gasteiger partial charge in [-0.05, 0) is 31.2 Å². The fourth-order valence-electron chi connectivity index (χ4n) is 2.62. The van der Waals surface area contributed by atoms with Crippen LogP contribution in [-0.2, 0) is 9.53 Å². The van der Waals surface area contributed by atoms with Gasteiger partial charge >= 0.3 is 5.97 Å². The monoisotopic (exact) mass is 255 g/mol. The Hall–Kier alpha value is -0.570. The highest BCUT2D eigenvalue weighted by molar-refractivity contribution is 5.73. The van der Waals surface area contributed by atoms with E-state index in [-0.39, 0.29) is 11.9 Å². The minimum atomic E-state index is -0.0369. The first-order chi connectivity index (χ1) is 8.44. The van der Waals surface area contributed by atoms with Crippen molar-refractivity contribution in [2.75, 3.05) is 13.7 Å². The van der Waals surface area contributed by atoms with E-state index < -0.39 is 0 Å². The number of ether oxygens (including phenoxy) is 1. The molecule has 0 radical (unpaired) electrons. The molecule has 1 fully saturated rings. The molecule has 0 bridgehead atoms. The summed E-state index contributed by atoms with van der Waals surface area (Å²) in [5, 5.41) is 3.58. The minimum absolute atomic E-state index is 0.0369. The van der Waals surface area contributed by atoms with Crippen LogP contribution in [0.3, 0.4) is 0 Å². The van der Waals surface area contributed by atoms with Crippen LogP contribution in [0.25, 0.3) is 0 Å². The lowest BCUT2D eigenvalue weighted by atomic mass is 9.91. The number of methoxy groups -OCH3 is 1. The van der Waals surface area contributed by atoms with E-state index in [1.165, 1.54) is 20.0 Å². The average molecular weight is 255 g/mol. The second-order valence-corrected chi connectivity index (χ2v) is 6.64. The normalized spacial score (nSPS) is 25.6. The molecule has 18 heavy (non-hydrogen) atoms. The molecule has 0 spiro atoms. The Morgan fingerprint density at radius 2 is 1.89 bits per heavy atom. The molecule has 3 heteroatoms. The molecule has 1 aliphatic rings. The van der Waals surface area contributed by atoms with E-state index in [4.69, 9.17) is 4.74 Å². The van der Waals surface area contributed by atoms with Gasteiger partial charge in [0.1, 0.15) is 0 Å². The molecule has 0 aromatic carbocycles. The van der Waals surface area contributed by atoms with E-state index in [0.29, 0.717) is 11.5 Å². The van der Waals surface area contributed by atoms with Crippen LogP contribution in [0.15, 0.2) is 0 Å². The maximum atomic E-state index is 11.8. The smallest absolute Gasteiger partial charge is 0.310 e. The molecule has 1 N–H and O–H groups in total. The molecule has 3 nitrogen and oxygen atoms in total. The lowest BCUT2D eigenvalue weighted by Crippen LogP contribution is -2.41. The predicted molar refractivity (Wildman–Crippen MR) is 74.5 cm³/mol. The largest absolute Gasteiger partial charge is 0.469 e. The van der Waals surface area contributed by atoms with Gasteiger partial charge in [0, 0.05) is 6.04 Å². The van der Waals surface area contributed by atoms with Crippen LogP contribution < -0.4 is 5.32 Å². The fraction of sp³-hybridized carbons (Fsp3) is 0.933. The van der Waals surface area contributed by atoms with E-state index in [0.717, 1.165) is 32.2 Å².